The molecule has 1 heterocycles. The number of carboxylic acid groups (broad SMARTS) is 1. The van der Waals surface area contributed by atoms with Gasteiger partial charge in [0.15, 0.2) is 17.3 Å². The summed E-state index contributed by atoms with van der Waals surface area (Å²) in [7, 11) is -4.26. The number of halogens is 2. The van der Waals surface area contributed by atoms with Crippen LogP contribution in [0.25, 0.3) is 0 Å². The van der Waals surface area contributed by atoms with Crippen molar-refractivity contribution in [2.75, 3.05) is 6.54 Å². The van der Waals surface area contributed by atoms with Gasteiger partial charge < -0.3 is 14.2 Å². The summed E-state index contributed by atoms with van der Waals surface area (Å²) in [4.78, 5) is 40.5. The summed E-state index contributed by atoms with van der Waals surface area (Å²) < 4.78 is 33.5. The molecule has 40 heavy (non-hydrogen) atoms. The van der Waals surface area contributed by atoms with E-state index in [0.717, 1.165) is 5.56 Å². The molecule has 2 aromatic rings. The Balaban J connectivity index is 1.72. The van der Waals surface area contributed by atoms with Crippen LogP contribution in [0, 0.1) is 6.92 Å². The molecule has 0 radical (unpaired) electrons. The van der Waals surface area contributed by atoms with Gasteiger partial charge in [-0.25, -0.2) is 0 Å². The number of benzene rings is 2. The summed E-state index contributed by atoms with van der Waals surface area (Å²) in [5.41, 5.74) is 3.50. The van der Waals surface area contributed by atoms with E-state index >= 15 is 0 Å². The van der Waals surface area contributed by atoms with E-state index < -0.39 is 22.0 Å². The van der Waals surface area contributed by atoms with Crippen molar-refractivity contribution in [2.45, 2.75) is 62.7 Å². The van der Waals surface area contributed by atoms with Gasteiger partial charge in [0.05, 0.1) is 10.9 Å². The van der Waals surface area contributed by atoms with Crippen molar-refractivity contribution in [3.8, 4) is 5.75 Å². The third-order valence-electron chi connectivity index (χ3n) is 7.49. The van der Waals surface area contributed by atoms with Crippen LogP contribution in [0.3, 0.4) is 0 Å². The van der Waals surface area contributed by atoms with E-state index in [1.54, 1.807) is 24.3 Å². The van der Waals surface area contributed by atoms with Gasteiger partial charge in [-0.1, -0.05) is 33.6 Å². The molecule has 11 heteroatoms. The Hall–Kier alpha value is -2.76. The second-order valence-corrected chi connectivity index (χ2v) is 13.5. The molecular formula is C29H27Br2NO7S. The van der Waals surface area contributed by atoms with E-state index in [1.165, 1.54) is 12.1 Å². The first-order valence-corrected chi connectivity index (χ1v) is 16.0. The number of nitrogens with zero attached hydrogens (tertiary/aromatic N) is 1. The highest BCUT2D eigenvalue weighted by Gasteiger charge is 2.45. The van der Waals surface area contributed by atoms with Crippen LogP contribution in [0.5, 0.6) is 5.75 Å². The van der Waals surface area contributed by atoms with Gasteiger partial charge in [0.25, 0.3) is 0 Å². The quantitative estimate of drug-likeness (QED) is 0.342. The normalized spacial score (nSPS) is 18.1. The molecule has 1 aliphatic heterocycles. The number of allylic oxidation sites excluding steroid dienone is 4. The summed E-state index contributed by atoms with van der Waals surface area (Å²) >= 11 is 6.96. The molecule has 3 aliphatic rings. The summed E-state index contributed by atoms with van der Waals surface area (Å²) in [5.74, 6) is -2.09. The van der Waals surface area contributed by atoms with Crippen molar-refractivity contribution >= 4 is 59.5 Å². The molecule has 0 bridgehead atoms. The molecule has 210 valence electrons. The second-order valence-electron chi connectivity index (χ2n) is 10.2. The number of carbonyl (C=O) groups excluding carboxylic acids is 2. The molecule has 2 aromatic carbocycles. The first-order valence-electron chi connectivity index (χ1n) is 13.0. The third-order valence-corrected chi connectivity index (χ3v) is 9.77. The maximum atomic E-state index is 13.6. The molecule has 1 N–H and O–H groups in total. The predicted octanol–water partition coefficient (Wildman–Crippen LogP) is 6.18. The molecule has 0 saturated heterocycles. The number of rotatable bonds is 7. The molecule has 2 aliphatic carbocycles. The molecule has 0 fully saturated rings. The van der Waals surface area contributed by atoms with Crippen molar-refractivity contribution in [1.29, 1.82) is 0 Å². The fraction of sp³-hybridized carbons (Fsp3) is 0.345. The van der Waals surface area contributed by atoms with Crippen LogP contribution in [-0.4, -0.2) is 42.5 Å². The van der Waals surface area contributed by atoms with Crippen LogP contribution >= 0.6 is 31.9 Å². The minimum absolute atomic E-state index is 0.00297. The summed E-state index contributed by atoms with van der Waals surface area (Å²) in [5, 5.41) is 9.41. The lowest BCUT2D eigenvalue weighted by Crippen LogP contribution is -2.40. The predicted molar refractivity (Wildman–Crippen MR) is 154 cm³/mol. The first kappa shape index (κ1) is 28.8. The fourth-order valence-electron chi connectivity index (χ4n) is 5.75. The Morgan fingerprint density at radius 3 is 2.10 bits per heavy atom. The monoisotopic (exact) mass is 691 g/mol. The number of hydrogen-bond donors (Lipinski definition) is 1. The Morgan fingerprint density at radius 2 is 1.55 bits per heavy atom. The molecule has 0 amide bonds. The number of carboxylic acids is 1. The van der Waals surface area contributed by atoms with Gasteiger partial charge in [-0.3, -0.25) is 14.4 Å². The molecule has 0 atom stereocenters. The highest BCUT2D eigenvalue weighted by atomic mass is 79.9. The lowest BCUT2D eigenvalue weighted by Gasteiger charge is -2.44. The van der Waals surface area contributed by atoms with Crippen LogP contribution in [0.1, 0.15) is 62.0 Å². The van der Waals surface area contributed by atoms with E-state index in [0.29, 0.717) is 62.7 Å². The number of ketones is 2. The third kappa shape index (κ3) is 5.43. The number of aliphatic carboxylic acids is 1. The summed E-state index contributed by atoms with van der Waals surface area (Å²) in [6.07, 6.45) is 2.74. The van der Waals surface area contributed by atoms with Crippen LogP contribution in [-0.2, 0) is 24.5 Å². The first-order chi connectivity index (χ1) is 19.0. The zero-order valence-corrected chi connectivity index (χ0v) is 25.7. The minimum Gasteiger partial charge on any atom is -0.481 e. The van der Waals surface area contributed by atoms with Gasteiger partial charge in [0, 0.05) is 57.9 Å². The van der Waals surface area contributed by atoms with Gasteiger partial charge in [0.1, 0.15) is 4.90 Å². The number of hydrogen-bond acceptors (Lipinski definition) is 7. The van der Waals surface area contributed by atoms with E-state index in [9.17, 15) is 27.9 Å². The van der Waals surface area contributed by atoms with E-state index in [1.807, 2.05) is 11.8 Å². The Kier molecular flexibility index (Phi) is 8.09. The van der Waals surface area contributed by atoms with Crippen LogP contribution in [0.15, 0.2) is 72.8 Å². The standard InChI is InChI=1S/C29H27Br2NO7S/c1-16-8-10-18(11-9-16)40(37,38)39-29-19(14-17(30)15-20(29)31)26-27-21(4-2-6-23(27)33)32(13-12-25(35)36)22-5-3-7-24(34)28(22)26/h8-11,14-15,26H,2-7,12-13H2,1H3,(H,35,36). The van der Waals surface area contributed by atoms with E-state index in [-0.39, 0.29) is 48.0 Å². The topological polar surface area (TPSA) is 118 Å². The maximum absolute atomic E-state index is 13.6. The molecule has 0 unspecified atom stereocenters. The smallest absolute Gasteiger partial charge is 0.339 e. The lowest BCUT2D eigenvalue weighted by molar-refractivity contribution is -0.137. The molecule has 0 spiro atoms. The minimum atomic E-state index is -4.26. The zero-order chi connectivity index (χ0) is 28.8. The molecule has 0 aromatic heterocycles. The highest BCUT2D eigenvalue weighted by Crippen LogP contribution is 2.52. The van der Waals surface area contributed by atoms with Gasteiger partial charge in [-0.2, -0.15) is 8.42 Å². The van der Waals surface area contributed by atoms with Gasteiger partial charge >= 0.3 is 16.1 Å². The van der Waals surface area contributed by atoms with E-state index in [4.69, 9.17) is 4.18 Å². The summed E-state index contributed by atoms with van der Waals surface area (Å²) in [6, 6.07) is 9.64. The number of aryl methyl sites for hydroxylation is 1. The Morgan fingerprint density at radius 1 is 0.975 bits per heavy atom. The van der Waals surface area contributed by atoms with Crippen molar-refractivity contribution in [3.05, 3.63) is 79.0 Å². The average molecular weight is 693 g/mol. The zero-order valence-electron chi connectivity index (χ0n) is 21.7. The maximum Gasteiger partial charge on any atom is 0.339 e. The largest absolute Gasteiger partial charge is 0.481 e. The molecule has 0 saturated carbocycles. The number of Topliss-reactive ketones (excluding diaryl/α,β-unsaturated/α-hetero) is 2. The number of carbonyl (C=O) groups is 3. The van der Waals surface area contributed by atoms with Crippen molar-refractivity contribution in [1.82, 2.24) is 4.90 Å². The van der Waals surface area contributed by atoms with Gasteiger partial charge in [-0.15, -0.1) is 0 Å². The summed E-state index contributed by atoms with van der Waals surface area (Å²) in [6.45, 7) is 2.00. The van der Waals surface area contributed by atoms with E-state index in [2.05, 4.69) is 31.9 Å². The van der Waals surface area contributed by atoms with Crippen molar-refractivity contribution in [3.63, 3.8) is 0 Å². The molecular weight excluding hydrogens is 666 g/mol. The molecule has 8 nitrogen and oxygen atoms in total. The van der Waals surface area contributed by atoms with Crippen LogP contribution in [0.4, 0.5) is 0 Å². The SMILES string of the molecule is Cc1ccc(S(=O)(=O)Oc2c(Br)cc(Br)cc2C2C3=C(CCCC3=O)N(CCC(=O)O)C3=C2C(=O)CCC3)cc1. The second kappa shape index (κ2) is 11.3. The Labute approximate surface area is 249 Å². The Bertz CT molecular complexity index is 1550. The highest BCUT2D eigenvalue weighted by molar-refractivity contribution is 9.11. The van der Waals surface area contributed by atoms with Crippen molar-refractivity contribution in [2.24, 2.45) is 0 Å². The van der Waals surface area contributed by atoms with Gasteiger partial charge in [-0.05, 0) is 72.8 Å². The fourth-order valence-corrected chi connectivity index (χ4v) is 8.17. The molecule has 5 rings (SSSR count). The van der Waals surface area contributed by atoms with Crippen LogP contribution < -0.4 is 4.18 Å². The van der Waals surface area contributed by atoms with Crippen LogP contribution in [0.2, 0.25) is 0 Å². The average Bonchev–Trinajstić information content (AvgIpc) is 2.89. The lowest BCUT2D eigenvalue weighted by atomic mass is 9.70. The van der Waals surface area contributed by atoms with Gasteiger partial charge in [0.2, 0.25) is 0 Å². The van der Waals surface area contributed by atoms with Crippen molar-refractivity contribution < 1.29 is 32.1 Å².